The molecule has 0 bridgehead atoms. The van der Waals surface area contributed by atoms with E-state index in [1.54, 1.807) is 0 Å². The lowest BCUT2D eigenvalue weighted by Crippen LogP contribution is -2.50. The Morgan fingerprint density at radius 1 is 1.28 bits per heavy atom. The molecule has 3 atom stereocenters. The third-order valence-corrected chi connectivity index (χ3v) is 5.67. The number of carbonyl (C=O) groups is 1. The quantitative estimate of drug-likeness (QED) is 0.761. The molecule has 0 N–H and O–H groups in total. The van der Waals surface area contributed by atoms with Crippen LogP contribution in [-0.2, 0) is 4.79 Å². The van der Waals surface area contributed by atoms with Gasteiger partial charge in [0.1, 0.15) is 0 Å². The molecule has 1 fully saturated rings. The van der Waals surface area contributed by atoms with Crippen molar-refractivity contribution in [3.8, 4) is 11.5 Å². The Labute approximate surface area is 153 Å². The average molecular weight is 359 g/mol. The van der Waals surface area contributed by atoms with Crippen LogP contribution in [0.2, 0.25) is 0 Å². The number of likely N-dealkylation sites (tertiary alicyclic amines) is 1. The summed E-state index contributed by atoms with van der Waals surface area (Å²) < 4.78 is 5.76. The van der Waals surface area contributed by atoms with Crippen molar-refractivity contribution in [1.29, 1.82) is 0 Å². The van der Waals surface area contributed by atoms with Crippen LogP contribution in [0, 0.1) is 6.92 Å². The fraction of sp³-hybridized carbons (Fsp3) is 0.526. The van der Waals surface area contributed by atoms with E-state index in [4.69, 9.17) is 4.42 Å². The van der Waals surface area contributed by atoms with Crippen molar-refractivity contribution >= 4 is 17.7 Å². The highest BCUT2D eigenvalue weighted by atomic mass is 32.2. The van der Waals surface area contributed by atoms with Gasteiger partial charge in [-0.15, -0.1) is 10.2 Å². The van der Waals surface area contributed by atoms with Gasteiger partial charge in [-0.25, -0.2) is 0 Å². The molecule has 134 valence electrons. The van der Waals surface area contributed by atoms with Gasteiger partial charge in [-0.2, -0.15) is 0 Å². The fourth-order valence-electron chi connectivity index (χ4n) is 3.42. The Kier molecular flexibility index (Phi) is 5.47. The summed E-state index contributed by atoms with van der Waals surface area (Å²) in [7, 11) is 0. The molecule has 6 heteroatoms. The topological polar surface area (TPSA) is 59.2 Å². The van der Waals surface area contributed by atoms with E-state index in [9.17, 15) is 4.79 Å². The summed E-state index contributed by atoms with van der Waals surface area (Å²) in [6.45, 7) is 8.20. The van der Waals surface area contributed by atoms with E-state index in [0.717, 1.165) is 24.0 Å². The summed E-state index contributed by atoms with van der Waals surface area (Å²) >= 11 is 1.34. The molecule has 0 unspecified atom stereocenters. The van der Waals surface area contributed by atoms with Crippen molar-refractivity contribution in [2.24, 2.45) is 0 Å². The van der Waals surface area contributed by atoms with Gasteiger partial charge in [0.05, 0.1) is 5.25 Å². The lowest BCUT2D eigenvalue weighted by Gasteiger charge is -2.40. The summed E-state index contributed by atoms with van der Waals surface area (Å²) in [5.74, 6) is 0.644. The van der Waals surface area contributed by atoms with Crippen molar-refractivity contribution in [2.45, 2.75) is 69.5 Å². The highest BCUT2D eigenvalue weighted by Crippen LogP contribution is 2.30. The Morgan fingerprint density at radius 3 is 2.68 bits per heavy atom. The van der Waals surface area contributed by atoms with Crippen LogP contribution < -0.4 is 0 Å². The maximum absolute atomic E-state index is 12.9. The minimum absolute atomic E-state index is 0.153. The molecule has 1 aliphatic rings. The van der Waals surface area contributed by atoms with Gasteiger partial charge in [-0.1, -0.05) is 29.5 Å². The number of piperidine rings is 1. The largest absolute Gasteiger partial charge is 0.411 e. The molecule has 0 spiro atoms. The van der Waals surface area contributed by atoms with Crippen molar-refractivity contribution in [3.63, 3.8) is 0 Å². The first-order chi connectivity index (χ1) is 12.0. The summed E-state index contributed by atoms with van der Waals surface area (Å²) in [5, 5.41) is 8.42. The van der Waals surface area contributed by atoms with E-state index >= 15 is 0 Å². The van der Waals surface area contributed by atoms with Crippen LogP contribution in [0.3, 0.4) is 0 Å². The number of hydrogen-bond donors (Lipinski definition) is 0. The second-order valence-corrected chi connectivity index (χ2v) is 8.17. The molecule has 2 heterocycles. The molecule has 1 saturated heterocycles. The second-order valence-electron chi connectivity index (χ2n) is 6.88. The second kappa shape index (κ2) is 7.60. The first-order valence-corrected chi connectivity index (χ1v) is 9.73. The van der Waals surface area contributed by atoms with Gasteiger partial charge in [0.15, 0.2) is 0 Å². The van der Waals surface area contributed by atoms with Crippen LogP contribution in [0.1, 0.15) is 45.6 Å². The Morgan fingerprint density at radius 2 is 2.00 bits per heavy atom. The molecule has 0 aliphatic carbocycles. The number of benzene rings is 1. The third-order valence-electron chi connectivity index (χ3n) is 4.74. The number of hydrogen-bond acceptors (Lipinski definition) is 5. The Hall–Kier alpha value is -1.82. The molecule has 1 aromatic heterocycles. The average Bonchev–Trinajstić information content (AvgIpc) is 3.03. The van der Waals surface area contributed by atoms with Crippen LogP contribution in [-0.4, -0.2) is 38.3 Å². The number of thioether (sulfide) groups is 1. The van der Waals surface area contributed by atoms with E-state index in [1.165, 1.54) is 18.2 Å². The van der Waals surface area contributed by atoms with E-state index in [1.807, 2.05) is 43.0 Å². The molecule has 1 amide bonds. The van der Waals surface area contributed by atoms with Gasteiger partial charge in [-0.05, 0) is 59.1 Å². The standard InChI is InChI=1S/C19H25N3O2S/c1-12-7-5-10-16(11-12)17-20-21-19(24-17)25-15(4)18(23)22-13(2)8-6-9-14(22)3/h5,7,10-11,13-15H,6,8-9H2,1-4H3/t13-,14+,15-/m0/s1. The monoisotopic (exact) mass is 359 g/mol. The van der Waals surface area contributed by atoms with Crippen LogP contribution in [0.25, 0.3) is 11.5 Å². The molecule has 0 radical (unpaired) electrons. The molecule has 1 aliphatic heterocycles. The molecule has 2 aromatic rings. The van der Waals surface area contributed by atoms with Gasteiger partial charge in [-0.3, -0.25) is 4.79 Å². The molecule has 0 saturated carbocycles. The highest BCUT2D eigenvalue weighted by molar-refractivity contribution is 8.00. The summed E-state index contributed by atoms with van der Waals surface area (Å²) in [5.41, 5.74) is 2.04. The van der Waals surface area contributed by atoms with E-state index in [0.29, 0.717) is 23.2 Å². The van der Waals surface area contributed by atoms with Crippen LogP contribution in [0.5, 0.6) is 0 Å². The smallest absolute Gasteiger partial charge is 0.277 e. The first kappa shape index (κ1) is 18.0. The van der Waals surface area contributed by atoms with Crippen molar-refractivity contribution in [1.82, 2.24) is 15.1 Å². The number of carbonyl (C=O) groups excluding carboxylic acids is 1. The number of amides is 1. The molecule has 5 nitrogen and oxygen atoms in total. The van der Waals surface area contributed by atoms with Gasteiger partial charge in [0.25, 0.3) is 5.22 Å². The number of aryl methyl sites for hydroxylation is 1. The number of nitrogens with zero attached hydrogens (tertiary/aromatic N) is 3. The normalized spacial score (nSPS) is 22.0. The van der Waals surface area contributed by atoms with Gasteiger partial charge < -0.3 is 9.32 Å². The Balaban J connectivity index is 1.69. The van der Waals surface area contributed by atoms with Gasteiger partial charge >= 0.3 is 0 Å². The van der Waals surface area contributed by atoms with Crippen molar-refractivity contribution < 1.29 is 9.21 Å². The maximum Gasteiger partial charge on any atom is 0.277 e. The number of aromatic nitrogens is 2. The lowest BCUT2D eigenvalue weighted by molar-refractivity contribution is -0.136. The molecule has 25 heavy (non-hydrogen) atoms. The van der Waals surface area contributed by atoms with E-state index in [-0.39, 0.29) is 11.2 Å². The molecule has 1 aromatic carbocycles. The zero-order valence-corrected chi connectivity index (χ0v) is 16.0. The third kappa shape index (κ3) is 4.06. The van der Waals surface area contributed by atoms with Crippen LogP contribution in [0.4, 0.5) is 0 Å². The minimum atomic E-state index is -0.242. The Bertz CT molecular complexity index is 736. The molecular formula is C19H25N3O2S. The zero-order chi connectivity index (χ0) is 18.0. The van der Waals surface area contributed by atoms with E-state index < -0.39 is 0 Å². The van der Waals surface area contributed by atoms with Gasteiger partial charge in [0, 0.05) is 17.6 Å². The van der Waals surface area contributed by atoms with Crippen LogP contribution >= 0.6 is 11.8 Å². The molecule has 3 rings (SSSR count). The molecular weight excluding hydrogens is 334 g/mol. The first-order valence-electron chi connectivity index (χ1n) is 8.85. The minimum Gasteiger partial charge on any atom is -0.411 e. The number of rotatable bonds is 4. The summed E-state index contributed by atoms with van der Waals surface area (Å²) in [6, 6.07) is 8.54. The summed E-state index contributed by atoms with van der Waals surface area (Å²) in [4.78, 5) is 14.9. The maximum atomic E-state index is 12.9. The zero-order valence-electron chi connectivity index (χ0n) is 15.2. The van der Waals surface area contributed by atoms with Gasteiger partial charge in [0.2, 0.25) is 11.8 Å². The highest BCUT2D eigenvalue weighted by Gasteiger charge is 2.32. The predicted octanol–water partition coefficient (Wildman–Crippen LogP) is 4.32. The van der Waals surface area contributed by atoms with Crippen molar-refractivity contribution in [3.05, 3.63) is 29.8 Å². The summed E-state index contributed by atoms with van der Waals surface area (Å²) in [6.07, 6.45) is 3.34. The predicted molar refractivity (Wildman–Crippen MR) is 99.4 cm³/mol. The van der Waals surface area contributed by atoms with Crippen LogP contribution in [0.15, 0.2) is 33.9 Å². The fourth-order valence-corrected chi connectivity index (χ4v) is 4.16. The van der Waals surface area contributed by atoms with Crippen molar-refractivity contribution in [2.75, 3.05) is 0 Å². The SMILES string of the molecule is Cc1cccc(-c2nnc(S[C@@H](C)C(=O)N3[C@H](C)CCC[C@@H]3C)o2)c1. The van der Waals surface area contributed by atoms with E-state index in [2.05, 4.69) is 24.0 Å². The lowest BCUT2D eigenvalue weighted by atomic mass is 9.97.